The van der Waals surface area contributed by atoms with Gasteiger partial charge in [-0.05, 0) is 83.7 Å². The van der Waals surface area contributed by atoms with E-state index in [2.05, 4.69) is 38.2 Å². The molecule has 4 heteroatoms. The highest BCUT2D eigenvalue weighted by Gasteiger charge is 2.37. The summed E-state index contributed by atoms with van der Waals surface area (Å²) in [5, 5.41) is 3.16. The zero-order chi connectivity index (χ0) is 18.4. The van der Waals surface area contributed by atoms with E-state index in [9.17, 15) is 9.18 Å². The minimum Gasteiger partial charge on any atom is -0.339 e. The molecule has 0 saturated heterocycles. The van der Waals surface area contributed by atoms with Crippen LogP contribution in [0.1, 0.15) is 46.0 Å². The van der Waals surface area contributed by atoms with Gasteiger partial charge in [0.05, 0.1) is 5.37 Å². The summed E-state index contributed by atoms with van der Waals surface area (Å²) in [6.07, 6.45) is 2.12. The van der Waals surface area contributed by atoms with Crippen LogP contribution in [-0.2, 0) is 6.42 Å². The number of hydrogen-bond donors (Lipinski definition) is 1. The first-order chi connectivity index (χ1) is 12.5. The van der Waals surface area contributed by atoms with Gasteiger partial charge in [0.1, 0.15) is 5.82 Å². The van der Waals surface area contributed by atoms with Gasteiger partial charge >= 0.3 is 0 Å². The minimum absolute atomic E-state index is 0.0186. The van der Waals surface area contributed by atoms with Gasteiger partial charge in [-0.2, -0.15) is 0 Å². The van der Waals surface area contributed by atoms with E-state index in [1.165, 1.54) is 57.0 Å². The Balaban J connectivity index is 1.57. The van der Waals surface area contributed by atoms with Crippen molar-refractivity contribution in [1.29, 1.82) is 0 Å². The number of halogens is 1. The Morgan fingerprint density at radius 3 is 2.58 bits per heavy atom. The number of amides is 1. The second kappa shape index (κ2) is 6.58. The first-order valence-corrected chi connectivity index (χ1v) is 9.89. The van der Waals surface area contributed by atoms with Crippen LogP contribution in [-0.4, -0.2) is 11.3 Å². The molecule has 1 amide bonds. The number of benzene rings is 2. The smallest absolute Gasteiger partial charge is 0.252 e. The average Bonchev–Trinajstić information content (AvgIpc) is 2.94. The summed E-state index contributed by atoms with van der Waals surface area (Å²) in [5.41, 5.74) is 7.44. The molecule has 0 fully saturated rings. The SMILES string of the molecule is Cc1ccc2c(c1C)CCC1=C2C(C)C(NC(=O)c2ccc(F)cc2)S1. The zero-order valence-electron chi connectivity index (χ0n) is 15.2. The first-order valence-electron chi connectivity index (χ1n) is 9.01. The highest BCUT2D eigenvalue weighted by atomic mass is 32.2. The Kier molecular flexibility index (Phi) is 4.39. The van der Waals surface area contributed by atoms with Crippen LogP contribution >= 0.6 is 11.8 Å². The predicted molar refractivity (Wildman–Crippen MR) is 106 cm³/mol. The molecule has 134 valence electrons. The van der Waals surface area contributed by atoms with E-state index >= 15 is 0 Å². The van der Waals surface area contributed by atoms with Crippen LogP contribution in [0, 0.1) is 25.6 Å². The molecule has 2 unspecified atom stereocenters. The molecule has 0 aromatic heterocycles. The molecular formula is C22H22FNOS. The molecule has 1 heterocycles. The molecule has 0 radical (unpaired) electrons. The van der Waals surface area contributed by atoms with Gasteiger partial charge in [-0.15, -0.1) is 11.8 Å². The summed E-state index contributed by atoms with van der Waals surface area (Å²) in [4.78, 5) is 13.9. The van der Waals surface area contributed by atoms with E-state index in [4.69, 9.17) is 0 Å². The molecule has 0 spiro atoms. The van der Waals surface area contributed by atoms with E-state index < -0.39 is 0 Å². The lowest BCUT2D eigenvalue weighted by Crippen LogP contribution is -2.35. The quantitative estimate of drug-likeness (QED) is 0.786. The van der Waals surface area contributed by atoms with E-state index in [1.54, 1.807) is 11.8 Å². The fourth-order valence-electron chi connectivity index (χ4n) is 3.97. The van der Waals surface area contributed by atoms with Gasteiger partial charge in [0.25, 0.3) is 5.91 Å². The molecule has 2 nitrogen and oxygen atoms in total. The van der Waals surface area contributed by atoms with Gasteiger partial charge in [0.15, 0.2) is 0 Å². The van der Waals surface area contributed by atoms with Crippen molar-refractivity contribution in [3.05, 3.63) is 74.9 Å². The van der Waals surface area contributed by atoms with Crippen LogP contribution in [0.5, 0.6) is 0 Å². The third-order valence-electron chi connectivity index (χ3n) is 5.62. The summed E-state index contributed by atoms with van der Waals surface area (Å²) in [6.45, 7) is 6.56. The Morgan fingerprint density at radius 1 is 1.12 bits per heavy atom. The van der Waals surface area contributed by atoms with E-state index in [-0.39, 0.29) is 23.0 Å². The topological polar surface area (TPSA) is 29.1 Å². The maximum absolute atomic E-state index is 13.1. The number of nitrogens with one attached hydrogen (secondary N) is 1. The standard InChI is InChI=1S/C22H22FNOS/c1-12-4-9-18-17(13(12)2)10-11-19-20(18)14(3)22(26-19)24-21(25)15-5-7-16(23)8-6-15/h4-9,14,22H,10-11H2,1-3H3,(H,24,25). The summed E-state index contributed by atoms with van der Waals surface area (Å²) >= 11 is 1.78. The Hall–Kier alpha value is -2.07. The fourth-order valence-corrected chi connectivity index (χ4v) is 5.42. The third kappa shape index (κ3) is 2.86. The lowest BCUT2D eigenvalue weighted by Gasteiger charge is -2.24. The molecule has 2 atom stereocenters. The second-order valence-electron chi connectivity index (χ2n) is 7.18. The normalized spacial score (nSPS) is 21.4. The van der Waals surface area contributed by atoms with Crippen LogP contribution < -0.4 is 5.32 Å². The van der Waals surface area contributed by atoms with Crippen LogP contribution in [0.2, 0.25) is 0 Å². The van der Waals surface area contributed by atoms with E-state index in [0.717, 1.165) is 12.8 Å². The molecule has 1 N–H and O–H groups in total. The van der Waals surface area contributed by atoms with Crippen LogP contribution in [0.4, 0.5) is 4.39 Å². The number of aryl methyl sites for hydroxylation is 1. The summed E-state index contributed by atoms with van der Waals surface area (Å²) < 4.78 is 13.1. The van der Waals surface area contributed by atoms with Gasteiger partial charge in [-0.1, -0.05) is 19.1 Å². The molecule has 4 rings (SSSR count). The number of carbonyl (C=O) groups is 1. The fraction of sp³-hybridized carbons (Fsp3) is 0.318. The Morgan fingerprint density at radius 2 is 1.85 bits per heavy atom. The van der Waals surface area contributed by atoms with Gasteiger partial charge in [-0.3, -0.25) is 4.79 Å². The van der Waals surface area contributed by atoms with Crippen molar-refractivity contribution in [2.75, 3.05) is 0 Å². The Labute approximate surface area is 157 Å². The third-order valence-corrected chi connectivity index (χ3v) is 7.11. The predicted octanol–water partition coefficient (Wildman–Crippen LogP) is 5.24. The van der Waals surface area contributed by atoms with Crippen LogP contribution in [0.3, 0.4) is 0 Å². The lowest BCUT2D eigenvalue weighted by atomic mass is 9.81. The maximum atomic E-state index is 13.1. The highest BCUT2D eigenvalue weighted by Crippen LogP contribution is 2.51. The summed E-state index contributed by atoms with van der Waals surface area (Å²) in [5.74, 6) is -0.223. The molecule has 2 aromatic rings. The van der Waals surface area contributed by atoms with Crippen LogP contribution in [0.25, 0.3) is 5.57 Å². The van der Waals surface area contributed by atoms with Gasteiger partial charge in [0, 0.05) is 11.5 Å². The van der Waals surface area contributed by atoms with Crippen LogP contribution in [0.15, 0.2) is 41.3 Å². The highest BCUT2D eigenvalue weighted by molar-refractivity contribution is 8.04. The van der Waals surface area contributed by atoms with Crippen molar-refractivity contribution in [3.63, 3.8) is 0 Å². The van der Waals surface area contributed by atoms with E-state index in [0.29, 0.717) is 5.56 Å². The Bertz CT molecular complexity index is 916. The molecule has 1 aliphatic carbocycles. The number of allylic oxidation sites excluding steroid dienone is 1. The minimum atomic E-state index is -0.329. The van der Waals surface area contributed by atoms with Gasteiger partial charge in [-0.25, -0.2) is 4.39 Å². The van der Waals surface area contributed by atoms with Crippen molar-refractivity contribution < 1.29 is 9.18 Å². The number of carbonyl (C=O) groups excluding carboxylic acids is 1. The molecule has 2 aromatic carbocycles. The number of hydrogen-bond acceptors (Lipinski definition) is 2. The van der Waals surface area contributed by atoms with Crippen molar-refractivity contribution in [2.24, 2.45) is 5.92 Å². The second-order valence-corrected chi connectivity index (χ2v) is 8.41. The first kappa shape index (κ1) is 17.3. The van der Waals surface area contributed by atoms with Crippen molar-refractivity contribution in [3.8, 4) is 0 Å². The molecule has 0 bridgehead atoms. The van der Waals surface area contributed by atoms with Crippen molar-refractivity contribution >= 4 is 23.2 Å². The van der Waals surface area contributed by atoms with Gasteiger partial charge < -0.3 is 5.32 Å². The van der Waals surface area contributed by atoms with E-state index in [1.807, 2.05) is 0 Å². The monoisotopic (exact) mass is 367 g/mol. The zero-order valence-corrected chi connectivity index (χ0v) is 16.0. The number of thioether (sulfide) groups is 1. The largest absolute Gasteiger partial charge is 0.339 e. The molecular weight excluding hydrogens is 345 g/mol. The number of rotatable bonds is 2. The lowest BCUT2D eigenvalue weighted by molar-refractivity contribution is 0.0946. The maximum Gasteiger partial charge on any atom is 0.252 e. The molecule has 0 saturated carbocycles. The van der Waals surface area contributed by atoms with Gasteiger partial charge in [0.2, 0.25) is 0 Å². The molecule has 1 aliphatic heterocycles. The summed E-state index contributed by atoms with van der Waals surface area (Å²) in [7, 11) is 0. The molecule has 2 aliphatic rings. The summed E-state index contributed by atoms with van der Waals surface area (Å²) in [6, 6.07) is 10.2. The van der Waals surface area contributed by atoms with Crippen molar-refractivity contribution in [2.45, 2.75) is 39.0 Å². The van der Waals surface area contributed by atoms with Crippen molar-refractivity contribution in [1.82, 2.24) is 5.32 Å². The number of fused-ring (bicyclic) bond motifs is 2. The molecule has 26 heavy (non-hydrogen) atoms. The average molecular weight is 367 g/mol.